The average Bonchev–Trinajstić information content (AvgIpc) is 3.48. The summed E-state index contributed by atoms with van der Waals surface area (Å²) in [5, 5.41) is 8.22. The normalized spacial score (nSPS) is 20.6. The predicted molar refractivity (Wildman–Crippen MR) is 129 cm³/mol. The molecule has 4 aromatic rings. The van der Waals surface area contributed by atoms with E-state index in [0.717, 1.165) is 47.0 Å². The monoisotopic (exact) mass is 422 g/mol. The lowest BCUT2D eigenvalue weighted by Crippen LogP contribution is -2.44. The van der Waals surface area contributed by atoms with Gasteiger partial charge in [-0.3, -0.25) is 0 Å². The van der Waals surface area contributed by atoms with Crippen molar-refractivity contribution in [2.24, 2.45) is 0 Å². The summed E-state index contributed by atoms with van der Waals surface area (Å²) in [6, 6.07) is 24.0. The fourth-order valence-electron chi connectivity index (χ4n) is 4.92. The Bertz CT molecular complexity index is 1260. The number of pyridine rings is 1. The van der Waals surface area contributed by atoms with Crippen LogP contribution >= 0.6 is 0 Å². The summed E-state index contributed by atoms with van der Waals surface area (Å²) in [4.78, 5) is 17.0. The van der Waals surface area contributed by atoms with E-state index in [2.05, 4.69) is 69.9 Å². The van der Waals surface area contributed by atoms with E-state index in [1.807, 2.05) is 30.5 Å². The molecule has 3 atom stereocenters. The van der Waals surface area contributed by atoms with Gasteiger partial charge in [0, 0.05) is 48.4 Å². The summed E-state index contributed by atoms with van der Waals surface area (Å²) in [5.41, 5.74) is 3.17. The van der Waals surface area contributed by atoms with Crippen molar-refractivity contribution in [2.45, 2.75) is 31.5 Å². The lowest BCUT2D eigenvalue weighted by atomic mass is 10.1. The van der Waals surface area contributed by atoms with Gasteiger partial charge in [-0.15, -0.1) is 0 Å². The van der Waals surface area contributed by atoms with Crippen LogP contribution in [0.4, 0.5) is 11.6 Å². The molecule has 0 saturated carbocycles. The number of rotatable bonds is 5. The first kappa shape index (κ1) is 19.2. The smallest absolute Gasteiger partial charge is 0.162 e. The van der Waals surface area contributed by atoms with Gasteiger partial charge in [-0.05, 0) is 43.2 Å². The van der Waals surface area contributed by atoms with Crippen LogP contribution in [-0.2, 0) is 0 Å². The maximum Gasteiger partial charge on any atom is 0.162 e. The minimum atomic E-state index is 0.152. The van der Waals surface area contributed by atoms with Crippen LogP contribution in [-0.4, -0.2) is 40.1 Å². The van der Waals surface area contributed by atoms with Gasteiger partial charge in [-0.2, -0.15) is 0 Å². The van der Waals surface area contributed by atoms with Crippen molar-refractivity contribution in [1.82, 2.24) is 20.3 Å². The van der Waals surface area contributed by atoms with Crippen LogP contribution in [0.1, 0.15) is 24.9 Å². The molecule has 2 bridgehead atoms. The van der Waals surface area contributed by atoms with Gasteiger partial charge in [0.1, 0.15) is 11.6 Å². The van der Waals surface area contributed by atoms with Gasteiger partial charge in [0.05, 0.1) is 5.52 Å². The molecule has 160 valence electrons. The summed E-state index contributed by atoms with van der Waals surface area (Å²) >= 11 is 0. The van der Waals surface area contributed by atoms with E-state index in [1.165, 1.54) is 12.0 Å². The van der Waals surface area contributed by atoms with Crippen molar-refractivity contribution in [1.29, 1.82) is 0 Å². The Hall–Kier alpha value is -3.51. The van der Waals surface area contributed by atoms with Crippen molar-refractivity contribution in [3.8, 4) is 11.4 Å². The van der Waals surface area contributed by atoms with Gasteiger partial charge in [0.25, 0.3) is 0 Å². The van der Waals surface area contributed by atoms with Crippen LogP contribution in [0.25, 0.3) is 22.3 Å². The fraction of sp³-hybridized carbons (Fsp3) is 0.269. The Morgan fingerprint density at radius 3 is 2.69 bits per heavy atom. The van der Waals surface area contributed by atoms with E-state index in [9.17, 15) is 0 Å². The first-order valence-electron chi connectivity index (χ1n) is 11.3. The van der Waals surface area contributed by atoms with Crippen LogP contribution in [0.3, 0.4) is 0 Å². The molecule has 0 aliphatic carbocycles. The maximum absolute atomic E-state index is 5.08. The number of aromatic nitrogens is 3. The molecule has 0 spiro atoms. The Kier molecular flexibility index (Phi) is 4.72. The molecule has 4 heterocycles. The SMILES string of the molecule is C[C@H](Nc1cc(-c2nc(N3CC4CC3CN4)c3ccccc3n2)ccn1)c1ccccc1. The quantitative estimate of drug-likeness (QED) is 0.497. The summed E-state index contributed by atoms with van der Waals surface area (Å²) in [6.07, 6.45) is 3.02. The number of nitrogens with one attached hydrogen (secondary N) is 2. The summed E-state index contributed by atoms with van der Waals surface area (Å²) in [7, 11) is 0. The highest BCUT2D eigenvalue weighted by atomic mass is 15.3. The average molecular weight is 423 g/mol. The molecule has 2 aliphatic heterocycles. The fourth-order valence-corrected chi connectivity index (χ4v) is 4.92. The molecular weight excluding hydrogens is 396 g/mol. The molecule has 2 aromatic heterocycles. The summed E-state index contributed by atoms with van der Waals surface area (Å²) in [6.45, 7) is 4.17. The van der Waals surface area contributed by atoms with Crippen LogP contribution in [0.2, 0.25) is 0 Å². The topological polar surface area (TPSA) is 66.0 Å². The number of fused-ring (bicyclic) bond motifs is 3. The largest absolute Gasteiger partial charge is 0.364 e. The van der Waals surface area contributed by atoms with E-state index < -0.39 is 0 Å². The minimum Gasteiger partial charge on any atom is -0.364 e. The van der Waals surface area contributed by atoms with Gasteiger partial charge < -0.3 is 15.5 Å². The van der Waals surface area contributed by atoms with E-state index in [4.69, 9.17) is 9.97 Å². The Morgan fingerprint density at radius 2 is 1.88 bits per heavy atom. The number of hydrogen-bond donors (Lipinski definition) is 2. The zero-order valence-corrected chi connectivity index (χ0v) is 18.1. The third kappa shape index (κ3) is 3.46. The lowest BCUT2D eigenvalue weighted by molar-refractivity contribution is 0.577. The van der Waals surface area contributed by atoms with Gasteiger partial charge in [0.2, 0.25) is 0 Å². The molecule has 0 amide bonds. The van der Waals surface area contributed by atoms with Crippen molar-refractivity contribution in [3.63, 3.8) is 0 Å². The van der Waals surface area contributed by atoms with Crippen LogP contribution in [0.5, 0.6) is 0 Å². The zero-order valence-electron chi connectivity index (χ0n) is 18.1. The molecule has 2 aliphatic rings. The maximum atomic E-state index is 5.08. The first-order chi connectivity index (χ1) is 15.7. The molecule has 2 fully saturated rings. The molecule has 6 nitrogen and oxygen atoms in total. The number of para-hydroxylation sites is 1. The molecule has 2 unspecified atom stereocenters. The van der Waals surface area contributed by atoms with Crippen molar-refractivity contribution >= 4 is 22.5 Å². The molecule has 6 heteroatoms. The van der Waals surface area contributed by atoms with Crippen molar-refractivity contribution < 1.29 is 0 Å². The molecule has 32 heavy (non-hydrogen) atoms. The predicted octanol–water partition coefficient (Wildman–Crippen LogP) is 4.42. The van der Waals surface area contributed by atoms with E-state index >= 15 is 0 Å². The third-order valence-electron chi connectivity index (χ3n) is 6.59. The molecule has 0 radical (unpaired) electrons. The number of piperazine rings is 1. The Balaban J connectivity index is 1.36. The van der Waals surface area contributed by atoms with Crippen LogP contribution < -0.4 is 15.5 Å². The van der Waals surface area contributed by atoms with Crippen molar-refractivity contribution in [3.05, 3.63) is 78.5 Å². The van der Waals surface area contributed by atoms with Crippen molar-refractivity contribution in [2.75, 3.05) is 23.3 Å². The van der Waals surface area contributed by atoms with E-state index in [-0.39, 0.29) is 6.04 Å². The lowest BCUT2D eigenvalue weighted by Gasteiger charge is -2.29. The standard InChI is InChI=1S/C26H26N6/c1-17(18-7-3-2-4-8-18)29-24-13-19(11-12-27-24)25-30-23-10-6-5-9-22(23)26(31-25)32-16-20-14-21(32)15-28-20/h2-13,17,20-21,28H,14-16H2,1H3,(H,27,29)/t17-,20?,21?/m0/s1. The van der Waals surface area contributed by atoms with Crippen LogP contribution in [0, 0.1) is 0 Å². The molecule has 6 rings (SSSR count). The number of anilines is 2. The minimum absolute atomic E-state index is 0.152. The summed E-state index contributed by atoms with van der Waals surface area (Å²) in [5.74, 6) is 2.61. The van der Waals surface area contributed by atoms with Gasteiger partial charge in [-0.1, -0.05) is 42.5 Å². The Morgan fingerprint density at radius 1 is 1.03 bits per heavy atom. The highest BCUT2D eigenvalue weighted by Crippen LogP contribution is 2.34. The molecular formula is C26H26N6. The highest BCUT2D eigenvalue weighted by Gasteiger charge is 2.39. The number of benzene rings is 2. The van der Waals surface area contributed by atoms with Gasteiger partial charge in [0.15, 0.2) is 5.82 Å². The number of hydrogen-bond acceptors (Lipinski definition) is 6. The third-order valence-corrected chi connectivity index (χ3v) is 6.59. The molecule has 2 N–H and O–H groups in total. The second-order valence-electron chi connectivity index (χ2n) is 8.74. The van der Waals surface area contributed by atoms with E-state index in [0.29, 0.717) is 12.1 Å². The zero-order chi connectivity index (χ0) is 21.5. The first-order valence-corrected chi connectivity index (χ1v) is 11.3. The molecule has 2 aromatic carbocycles. The van der Waals surface area contributed by atoms with Gasteiger partial charge >= 0.3 is 0 Å². The molecule has 2 saturated heterocycles. The summed E-state index contributed by atoms with van der Waals surface area (Å²) < 4.78 is 0. The second kappa shape index (κ2) is 7.88. The van der Waals surface area contributed by atoms with E-state index in [1.54, 1.807) is 0 Å². The van der Waals surface area contributed by atoms with Gasteiger partial charge in [-0.25, -0.2) is 15.0 Å². The Labute approximate surface area is 187 Å². The second-order valence-corrected chi connectivity index (χ2v) is 8.74. The highest BCUT2D eigenvalue weighted by molar-refractivity contribution is 5.91. The van der Waals surface area contributed by atoms with Crippen LogP contribution in [0.15, 0.2) is 72.9 Å². The number of nitrogens with zero attached hydrogens (tertiary/aromatic N) is 4.